The highest BCUT2D eigenvalue weighted by molar-refractivity contribution is 6.30. The van der Waals surface area contributed by atoms with Crippen molar-refractivity contribution in [2.45, 2.75) is 6.10 Å². The highest BCUT2D eigenvalue weighted by Gasteiger charge is 2.35. The van der Waals surface area contributed by atoms with E-state index in [-0.39, 0.29) is 24.3 Å². The summed E-state index contributed by atoms with van der Waals surface area (Å²) >= 11 is 5.96. The van der Waals surface area contributed by atoms with Crippen LogP contribution in [0.4, 0.5) is 5.69 Å². The van der Waals surface area contributed by atoms with Gasteiger partial charge >= 0.3 is 0 Å². The molecule has 2 aliphatic heterocycles. The first kappa shape index (κ1) is 24.7. The minimum Gasteiger partial charge on any atom is -0.491 e. The van der Waals surface area contributed by atoms with E-state index in [4.69, 9.17) is 16.3 Å². The van der Waals surface area contributed by atoms with Crippen LogP contribution < -0.4 is 9.64 Å². The summed E-state index contributed by atoms with van der Waals surface area (Å²) in [5, 5.41) is 20.5. The van der Waals surface area contributed by atoms with Crippen LogP contribution in [0.2, 0.25) is 5.02 Å². The molecule has 2 heterocycles. The van der Waals surface area contributed by atoms with Gasteiger partial charge in [-0.3, -0.25) is 19.4 Å². The van der Waals surface area contributed by atoms with Crippen molar-refractivity contribution in [1.82, 2.24) is 9.80 Å². The molecule has 2 aliphatic rings. The van der Waals surface area contributed by atoms with Gasteiger partial charge in [0.15, 0.2) is 0 Å². The molecule has 2 aromatic rings. The molecule has 1 unspecified atom stereocenters. The van der Waals surface area contributed by atoms with Gasteiger partial charge in [0.05, 0.1) is 17.7 Å². The van der Waals surface area contributed by atoms with Crippen molar-refractivity contribution in [3.05, 3.63) is 68.7 Å². The Hall–Kier alpha value is -3.41. The lowest BCUT2D eigenvalue weighted by atomic mass is 10.1. The van der Waals surface area contributed by atoms with E-state index in [1.807, 2.05) is 24.3 Å². The normalized spacial score (nSPS) is 16.9. The number of carbonyl (C=O) groups excluding carboxylic acids is 2. The zero-order valence-electron chi connectivity index (χ0n) is 18.8. The molecule has 1 N–H and O–H groups in total. The van der Waals surface area contributed by atoms with Gasteiger partial charge in [0, 0.05) is 43.4 Å². The van der Waals surface area contributed by atoms with Gasteiger partial charge in [-0.1, -0.05) is 11.6 Å². The van der Waals surface area contributed by atoms with E-state index in [9.17, 15) is 24.8 Å². The molecule has 2 amide bonds. The molecule has 11 nitrogen and oxygen atoms in total. The third kappa shape index (κ3) is 5.99. The van der Waals surface area contributed by atoms with Gasteiger partial charge in [-0.2, -0.15) is 0 Å². The van der Waals surface area contributed by atoms with Crippen molar-refractivity contribution in [3.8, 4) is 5.75 Å². The summed E-state index contributed by atoms with van der Waals surface area (Å²) in [7, 11) is 0. The van der Waals surface area contributed by atoms with E-state index in [1.54, 1.807) is 6.07 Å². The number of benzene rings is 2. The van der Waals surface area contributed by atoms with Crippen molar-refractivity contribution in [2.75, 3.05) is 57.4 Å². The van der Waals surface area contributed by atoms with Crippen LogP contribution in [-0.2, 0) is 4.84 Å². The monoisotopic (exact) mass is 504 g/mol. The van der Waals surface area contributed by atoms with E-state index in [1.165, 1.54) is 12.1 Å². The SMILES string of the molecule is O=C1c2ccc(OCC(O)CN3CCN(c4ccc(Cl)cc4)CC3)cc2C(=O)N1CCO[N+](=O)[O-]. The number of nitrogens with zero attached hydrogens (tertiary/aromatic N) is 4. The predicted molar refractivity (Wildman–Crippen MR) is 126 cm³/mol. The first-order chi connectivity index (χ1) is 16.8. The minimum atomic E-state index is -0.977. The molecule has 0 aromatic heterocycles. The number of hydrogen-bond donors (Lipinski definition) is 1. The highest BCUT2D eigenvalue weighted by Crippen LogP contribution is 2.27. The third-order valence-corrected chi connectivity index (χ3v) is 6.18. The number of rotatable bonds is 10. The van der Waals surface area contributed by atoms with Crippen LogP contribution in [0.3, 0.4) is 0 Å². The summed E-state index contributed by atoms with van der Waals surface area (Å²) in [5.74, 6) is -0.761. The number of ether oxygens (including phenoxy) is 1. The first-order valence-corrected chi connectivity index (χ1v) is 11.5. The second-order valence-corrected chi connectivity index (χ2v) is 8.69. The van der Waals surface area contributed by atoms with Gasteiger partial charge < -0.3 is 19.6 Å². The van der Waals surface area contributed by atoms with Crippen molar-refractivity contribution in [2.24, 2.45) is 0 Å². The fourth-order valence-corrected chi connectivity index (χ4v) is 4.28. The molecule has 1 fully saturated rings. The molecule has 0 bridgehead atoms. The van der Waals surface area contributed by atoms with E-state index in [2.05, 4.69) is 14.6 Å². The van der Waals surface area contributed by atoms with Crippen molar-refractivity contribution in [1.29, 1.82) is 0 Å². The van der Waals surface area contributed by atoms with Gasteiger partial charge in [-0.05, 0) is 42.5 Å². The molecule has 1 atom stereocenters. The number of halogens is 1. The van der Waals surface area contributed by atoms with Gasteiger partial charge in [0.2, 0.25) is 0 Å². The first-order valence-electron chi connectivity index (χ1n) is 11.1. The number of aliphatic hydroxyl groups is 1. The standard InChI is InChI=1S/C23H25ClN4O7/c24-16-1-3-17(4-2-16)26-9-7-25(8-10-26)14-18(29)15-34-19-5-6-20-21(13-19)23(31)27(22(20)30)11-12-35-28(32)33/h1-6,13,18,29H,7-12,14-15H2. The molecular formula is C23H25ClN4O7. The Morgan fingerprint density at radius 1 is 1.03 bits per heavy atom. The summed E-state index contributed by atoms with van der Waals surface area (Å²) in [6.45, 7) is 3.10. The van der Waals surface area contributed by atoms with E-state index >= 15 is 0 Å². The number of imide groups is 1. The lowest BCUT2D eigenvalue weighted by Crippen LogP contribution is -2.49. The predicted octanol–water partition coefficient (Wildman–Crippen LogP) is 1.71. The molecule has 1 saturated heterocycles. The summed E-state index contributed by atoms with van der Waals surface area (Å²) in [6, 6.07) is 12.2. The van der Waals surface area contributed by atoms with Crippen LogP contribution >= 0.6 is 11.6 Å². The number of anilines is 1. The number of β-amino-alcohol motifs (C(OH)–C–C–N with tert-alkyl or cyclic N) is 1. The number of fused-ring (bicyclic) bond motifs is 1. The maximum atomic E-state index is 12.5. The van der Waals surface area contributed by atoms with Crippen molar-refractivity contribution in [3.63, 3.8) is 0 Å². The lowest BCUT2D eigenvalue weighted by Gasteiger charge is -2.36. The van der Waals surface area contributed by atoms with E-state index in [0.29, 0.717) is 17.3 Å². The molecule has 35 heavy (non-hydrogen) atoms. The van der Waals surface area contributed by atoms with E-state index < -0.39 is 29.6 Å². The summed E-state index contributed by atoms with van der Waals surface area (Å²) < 4.78 is 5.67. The largest absolute Gasteiger partial charge is 0.491 e. The van der Waals surface area contributed by atoms with Crippen LogP contribution in [0.15, 0.2) is 42.5 Å². The topological polar surface area (TPSA) is 126 Å². The Balaban J connectivity index is 1.24. The van der Waals surface area contributed by atoms with Crippen molar-refractivity contribution < 1.29 is 29.4 Å². The Labute approximate surface area is 206 Å². The Morgan fingerprint density at radius 3 is 2.40 bits per heavy atom. The zero-order chi connectivity index (χ0) is 24.9. The Morgan fingerprint density at radius 2 is 1.71 bits per heavy atom. The maximum Gasteiger partial charge on any atom is 0.294 e. The number of hydrogen-bond acceptors (Lipinski definition) is 9. The van der Waals surface area contributed by atoms with Crippen LogP contribution in [0.5, 0.6) is 5.75 Å². The fourth-order valence-electron chi connectivity index (χ4n) is 4.15. The molecule has 0 radical (unpaired) electrons. The van der Waals surface area contributed by atoms with Crippen LogP contribution in [-0.4, -0.2) is 90.4 Å². The highest BCUT2D eigenvalue weighted by atomic mass is 35.5. The fraction of sp³-hybridized carbons (Fsp3) is 0.391. The van der Waals surface area contributed by atoms with Crippen LogP contribution in [0, 0.1) is 10.1 Å². The van der Waals surface area contributed by atoms with Gasteiger partial charge in [-0.25, -0.2) is 0 Å². The van der Waals surface area contributed by atoms with E-state index in [0.717, 1.165) is 36.8 Å². The summed E-state index contributed by atoms with van der Waals surface area (Å²) in [4.78, 5) is 44.7. The number of amides is 2. The quantitative estimate of drug-likeness (QED) is 0.292. The smallest absolute Gasteiger partial charge is 0.294 e. The number of carbonyl (C=O) groups is 2. The second-order valence-electron chi connectivity index (χ2n) is 8.26. The minimum absolute atomic E-state index is 0.0265. The molecular weight excluding hydrogens is 480 g/mol. The molecule has 4 rings (SSSR count). The number of piperazine rings is 1. The van der Waals surface area contributed by atoms with Crippen LogP contribution in [0.25, 0.3) is 0 Å². The van der Waals surface area contributed by atoms with Gasteiger partial charge in [0.25, 0.3) is 16.9 Å². The summed E-state index contributed by atoms with van der Waals surface area (Å²) in [5.41, 5.74) is 1.47. The molecule has 0 saturated carbocycles. The molecule has 0 aliphatic carbocycles. The molecule has 2 aromatic carbocycles. The van der Waals surface area contributed by atoms with Gasteiger partial charge in [-0.15, -0.1) is 10.1 Å². The Bertz CT molecular complexity index is 1090. The maximum absolute atomic E-state index is 12.5. The molecule has 186 valence electrons. The van der Waals surface area contributed by atoms with Crippen LogP contribution in [0.1, 0.15) is 20.7 Å². The average molecular weight is 505 g/mol. The third-order valence-electron chi connectivity index (χ3n) is 5.93. The second kappa shape index (κ2) is 10.9. The lowest BCUT2D eigenvalue weighted by molar-refractivity contribution is -0.757. The van der Waals surface area contributed by atoms with Gasteiger partial charge in [0.1, 0.15) is 25.1 Å². The average Bonchev–Trinajstić information content (AvgIpc) is 3.08. The molecule has 0 spiro atoms. The number of aliphatic hydroxyl groups excluding tert-OH is 1. The molecule has 12 heteroatoms. The summed E-state index contributed by atoms with van der Waals surface area (Å²) in [6.07, 6.45) is -0.738. The van der Waals surface area contributed by atoms with Crippen molar-refractivity contribution >= 4 is 29.1 Å². The zero-order valence-corrected chi connectivity index (χ0v) is 19.6. The Kier molecular flexibility index (Phi) is 7.69.